The van der Waals surface area contributed by atoms with Gasteiger partial charge in [-0.05, 0) is 41.8 Å². The van der Waals surface area contributed by atoms with Gasteiger partial charge >= 0.3 is 0 Å². The summed E-state index contributed by atoms with van der Waals surface area (Å²) in [7, 11) is 1.63. The Morgan fingerprint density at radius 3 is 2.58 bits per heavy atom. The molecule has 0 saturated carbocycles. The molecule has 1 amide bonds. The number of carbonyl (C=O) groups excluding carboxylic acids is 1. The molecule has 132 valence electrons. The largest absolute Gasteiger partial charge is 0.497 e. The number of carbonyl (C=O) groups is 1. The van der Waals surface area contributed by atoms with Crippen molar-refractivity contribution in [2.24, 2.45) is 0 Å². The number of benzene rings is 2. The molecule has 1 aromatic heterocycles. The molecule has 0 saturated heterocycles. The highest BCUT2D eigenvalue weighted by Gasteiger charge is 2.21. The Labute approximate surface area is 153 Å². The molecule has 0 bridgehead atoms. The Morgan fingerprint density at radius 1 is 1.04 bits per heavy atom. The molecule has 2 aromatic carbocycles. The van der Waals surface area contributed by atoms with Crippen LogP contribution in [0.1, 0.15) is 22.7 Å². The zero-order valence-corrected chi connectivity index (χ0v) is 14.8. The summed E-state index contributed by atoms with van der Waals surface area (Å²) < 4.78 is 5.32. The zero-order valence-electron chi connectivity index (χ0n) is 14.8. The highest BCUT2D eigenvalue weighted by atomic mass is 16.5. The van der Waals surface area contributed by atoms with Crippen LogP contribution in [-0.2, 0) is 17.8 Å². The molecule has 0 aliphatic carbocycles. The topological polar surface area (TPSA) is 51.2 Å². The third-order valence-electron chi connectivity index (χ3n) is 4.27. The third-order valence-corrected chi connectivity index (χ3v) is 4.27. The lowest BCUT2D eigenvalue weighted by Gasteiger charge is -2.18. The van der Waals surface area contributed by atoms with Crippen molar-refractivity contribution in [1.29, 1.82) is 0 Å². The van der Waals surface area contributed by atoms with Crippen molar-refractivity contribution < 1.29 is 9.53 Å². The smallest absolute Gasteiger partial charge is 0.228 e. The lowest BCUT2D eigenvalue weighted by Crippen LogP contribution is -2.30. The lowest BCUT2D eigenvalue weighted by molar-refractivity contribution is -0.122. The van der Waals surface area contributed by atoms with Crippen LogP contribution in [0.5, 0.6) is 5.75 Å². The van der Waals surface area contributed by atoms with E-state index in [4.69, 9.17) is 4.74 Å². The van der Waals surface area contributed by atoms with Crippen LogP contribution in [0.2, 0.25) is 0 Å². The van der Waals surface area contributed by atoms with Crippen LogP contribution in [0.3, 0.4) is 0 Å². The lowest BCUT2D eigenvalue weighted by atomic mass is 9.91. The Balaban J connectivity index is 1.80. The maximum atomic E-state index is 12.9. The van der Waals surface area contributed by atoms with Gasteiger partial charge in [0.05, 0.1) is 25.3 Å². The molecular formula is C22H22N2O2. The van der Waals surface area contributed by atoms with Crippen LogP contribution >= 0.6 is 0 Å². The second kappa shape index (κ2) is 8.81. The summed E-state index contributed by atoms with van der Waals surface area (Å²) in [5.74, 6) is 0.432. The summed E-state index contributed by atoms with van der Waals surface area (Å²) in [5.41, 5.74) is 2.89. The molecule has 26 heavy (non-hydrogen) atoms. The Hall–Kier alpha value is -3.14. The fourth-order valence-electron chi connectivity index (χ4n) is 2.87. The first-order valence-electron chi connectivity index (χ1n) is 8.62. The van der Waals surface area contributed by atoms with Crippen molar-refractivity contribution >= 4 is 5.91 Å². The van der Waals surface area contributed by atoms with Crippen molar-refractivity contribution in [3.05, 3.63) is 95.8 Å². The van der Waals surface area contributed by atoms with Gasteiger partial charge in [0.25, 0.3) is 0 Å². The van der Waals surface area contributed by atoms with Crippen LogP contribution in [0.25, 0.3) is 0 Å². The fourth-order valence-corrected chi connectivity index (χ4v) is 2.87. The van der Waals surface area contributed by atoms with Crippen LogP contribution in [0, 0.1) is 0 Å². The number of amides is 1. The highest BCUT2D eigenvalue weighted by molar-refractivity contribution is 5.84. The average Bonchev–Trinajstić information content (AvgIpc) is 2.72. The van der Waals surface area contributed by atoms with Gasteiger partial charge in [0.2, 0.25) is 5.91 Å². The van der Waals surface area contributed by atoms with Gasteiger partial charge < -0.3 is 10.1 Å². The summed E-state index contributed by atoms with van der Waals surface area (Å²) in [6.07, 6.45) is 2.35. The predicted molar refractivity (Wildman–Crippen MR) is 102 cm³/mol. The van der Waals surface area contributed by atoms with Crippen molar-refractivity contribution in [2.75, 3.05) is 7.11 Å². The summed E-state index contributed by atoms with van der Waals surface area (Å²) in [6, 6.07) is 23.4. The fraction of sp³-hybridized carbons (Fsp3) is 0.182. The van der Waals surface area contributed by atoms with Crippen LogP contribution in [0.15, 0.2) is 79.0 Å². The second-order valence-electron chi connectivity index (χ2n) is 6.06. The Kier molecular flexibility index (Phi) is 5.99. The standard InChI is InChI=1S/C22H22N2O2/c1-26-20-12-7-10-18(15-20)21(14-17-8-3-2-4-9-17)22(25)24-16-19-11-5-6-13-23-19/h2-13,15,21H,14,16H2,1H3,(H,24,25). The van der Waals surface area contributed by atoms with Crippen molar-refractivity contribution in [3.63, 3.8) is 0 Å². The number of nitrogens with one attached hydrogen (secondary N) is 1. The minimum absolute atomic E-state index is 0.0206. The first-order chi connectivity index (χ1) is 12.8. The Bertz CT molecular complexity index is 835. The molecule has 4 heteroatoms. The van der Waals surface area contributed by atoms with Gasteiger partial charge in [-0.3, -0.25) is 9.78 Å². The summed E-state index contributed by atoms with van der Waals surface area (Å²) in [6.45, 7) is 0.412. The number of pyridine rings is 1. The van der Waals surface area contributed by atoms with E-state index in [1.165, 1.54) is 0 Å². The maximum Gasteiger partial charge on any atom is 0.228 e. The number of methoxy groups -OCH3 is 1. The van der Waals surface area contributed by atoms with E-state index in [0.29, 0.717) is 13.0 Å². The van der Waals surface area contributed by atoms with Gasteiger partial charge in [-0.15, -0.1) is 0 Å². The van der Waals surface area contributed by atoms with Crippen LogP contribution in [0.4, 0.5) is 0 Å². The zero-order chi connectivity index (χ0) is 18.2. The monoisotopic (exact) mass is 346 g/mol. The minimum Gasteiger partial charge on any atom is -0.497 e. The normalized spacial score (nSPS) is 11.6. The Morgan fingerprint density at radius 2 is 1.85 bits per heavy atom. The average molecular weight is 346 g/mol. The molecule has 0 fully saturated rings. The van der Waals surface area contributed by atoms with E-state index in [2.05, 4.69) is 10.3 Å². The van der Waals surface area contributed by atoms with E-state index in [0.717, 1.165) is 22.6 Å². The molecule has 1 heterocycles. The molecule has 0 aliphatic rings. The number of hydrogen-bond acceptors (Lipinski definition) is 3. The number of aromatic nitrogens is 1. The number of hydrogen-bond donors (Lipinski definition) is 1. The molecule has 3 aromatic rings. The first kappa shape index (κ1) is 17.7. The molecule has 3 rings (SSSR count). The first-order valence-corrected chi connectivity index (χ1v) is 8.62. The van der Waals surface area contributed by atoms with Gasteiger partial charge in [0.1, 0.15) is 5.75 Å². The SMILES string of the molecule is COc1cccc(C(Cc2ccccc2)C(=O)NCc2ccccn2)c1. The molecule has 0 radical (unpaired) electrons. The van der Waals surface area contributed by atoms with Gasteiger partial charge in [-0.1, -0.05) is 48.5 Å². The van der Waals surface area contributed by atoms with Crippen molar-refractivity contribution in [2.45, 2.75) is 18.9 Å². The van der Waals surface area contributed by atoms with Crippen molar-refractivity contribution in [1.82, 2.24) is 10.3 Å². The van der Waals surface area contributed by atoms with Gasteiger partial charge in [0, 0.05) is 6.20 Å². The van der Waals surface area contributed by atoms with E-state index in [1.54, 1.807) is 13.3 Å². The molecule has 4 nitrogen and oxygen atoms in total. The quantitative estimate of drug-likeness (QED) is 0.709. The molecule has 0 spiro atoms. The van der Waals surface area contributed by atoms with E-state index in [-0.39, 0.29) is 11.8 Å². The van der Waals surface area contributed by atoms with Crippen LogP contribution < -0.4 is 10.1 Å². The second-order valence-corrected chi connectivity index (χ2v) is 6.06. The summed E-state index contributed by atoms with van der Waals surface area (Å²) in [5, 5.41) is 3.01. The molecule has 1 N–H and O–H groups in total. The van der Waals surface area contributed by atoms with Gasteiger partial charge in [-0.2, -0.15) is 0 Å². The van der Waals surface area contributed by atoms with Gasteiger partial charge in [0.15, 0.2) is 0 Å². The third kappa shape index (κ3) is 4.70. The predicted octanol–water partition coefficient (Wildman–Crippen LogP) is 3.73. The number of rotatable bonds is 7. The molecule has 0 aliphatic heterocycles. The van der Waals surface area contributed by atoms with E-state index in [1.807, 2.05) is 72.8 Å². The van der Waals surface area contributed by atoms with E-state index >= 15 is 0 Å². The van der Waals surface area contributed by atoms with Crippen LogP contribution in [-0.4, -0.2) is 18.0 Å². The van der Waals surface area contributed by atoms with E-state index < -0.39 is 0 Å². The maximum absolute atomic E-state index is 12.9. The molecule has 1 atom stereocenters. The number of ether oxygens (including phenoxy) is 1. The van der Waals surface area contributed by atoms with E-state index in [9.17, 15) is 4.79 Å². The molecule has 1 unspecified atom stereocenters. The molecular weight excluding hydrogens is 324 g/mol. The highest BCUT2D eigenvalue weighted by Crippen LogP contribution is 2.25. The minimum atomic E-state index is -0.295. The van der Waals surface area contributed by atoms with Crippen molar-refractivity contribution in [3.8, 4) is 5.75 Å². The number of nitrogens with zero attached hydrogens (tertiary/aromatic N) is 1. The summed E-state index contributed by atoms with van der Waals surface area (Å²) in [4.78, 5) is 17.2. The summed E-state index contributed by atoms with van der Waals surface area (Å²) >= 11 is 0. The van der Waals surface area contributed by atoms with Gasteiger partial charge in [-0.25, -0.2) is 0 Å².